The number of piperidine rings is 2. The summed E-state index contributed by atoms with van der Waals surface area (Å²) in [6.45, 7) is 10.1. The number of amides is 1. The van der Waals surface area contributed by atoms with Crippen molar-refractivity contribution in [2.45, 2.75) is 83.1 Å². The number of carbonyl (C=O) groups excluding carboxylic acids is 1. The highest BCUT2D eigenvalue weighted by Crippen LogP contribution is 2.50. The minimum absolute atomic E-state index is 0.0553. The number of hydrogen-bond donors (Lipinski definition) is 1. The van der Waals surface area contributed by atoms with Gasteiger partial charge in [-0.1, -0.05) is 61.2 Å². The summed E-state index contributed by atoms with van der Waals surface area (Å²) >= 11 is 0. The molecule has 0 saturated carbocycles. The maximum absolute atomic E-state index is 16.1. The molecule has 5 rings (SSSR count). The van der Waals surface area contributed by atoms with Gasteiger partial charge in [-0.15, -0.1) is 0 Å². The first-order valence-electron chi connectivity index (χ1n) is 19.7. The van der Waals surface area contributed by atoms with Crippen LogP contribution in [0.15, 0.2) is 72.8 Å². The zero-order chi connectivity index (χ0) is 41.7. The normalized spacial score (nSPS) is 18.6. The van der Waals surface area contributed by atoms with Gasteiger partial charge in [-0.2, -0.15) is 0 Å². The van der Waals surface area contributed by atoms with Gasteiger partial charge in [0, 0.05) is 39.6 Å². The Bertz CT molecular complexity index is 1950. The standard InChI is InChI=1S/C45H57F4N3O5/c1-8-18-43(47)19-24-51(25-20-43)23-17-32-15-16-38(56-6)39(40(32)57-7)36-14-10-12-34-33(11-9-13-35(34)36)28-37(41(53)54)50(5)42(55)44(45(48,49)30(2)3)21-26-52(27-22-44)29-31(4)46/h8-16,18,31,37H,2,17,19-29H2,1,3-7H3,(H,53,54)/b18-8+/t31?,37-/m0/s1. The van der Waals surface area contributed by atoms with Gasteiger partial charge in [-0.3, -0.25) is 4.79 Å². The molecule has 8 nitrogen and oxygen atoms in total. The Kier molecular flexibility index (Phi) is 13.8. The first-order valence-corrected chi connectivity index (χ1v) is 19.7. The average molecular weight is 796 g/mol. The van der Waals surface area contributed by atoms with Gasteiger partial charge in [0.15, 0.2) is 0 Å². The molecule has 2 heterocycles. The molecule has 1 amide bonds. The molecule has 1 N–H and O–H groups in total. The molecule has 0 bridgehead atoms. The number of likely N-dealkylation sites (N-methyl/N-ethyl adjacent to an activating group) is 1. The van der Waals surface area contributed by atoms with Crippen molar-refractivity contribution in [2.75, 3.05) is 60.5 Å². The van der Waals surface area contributed by atoms with E-state index >= 15 is 13.2 Å². The zero-order valence-electron chi connectivity index (χ0n) is 34.1. The summed E-state index contributed by atoms with van der Waals surface area (Å²) in [6.07, 6.45) is 3.08. The lowest BCUT2D eigenvalue weighted by molar-refractivity contribution is -0.177. The fourth-order valence-electron chi connectivity index (χ4n) is 8.75. The van der Waals surface area contributed by atoms with Gasteiger partial charge in [0.05, 0.1) is 19.8 Å². The Morgan fingerprint density at radius 2 is 1.60 bits per heavy atom. The number of benzene rings is 3. The van der Waals surface area contributed by atoms with Crippen molar-refractivity contribution in [3.63, 3.8) is 0 Å². The Morgan fingerprint density at radius 3 is 2.18 bits per heavy atom. The summed E-state index contributed by atoms with van der Waals surface area (Å²) in [5.74, 6) is -4.74. The number of aliphatic carboxylic acids is 1. The average Bonchev–Trinajstić information content (AvgIpc) is 3.18. The van der Waals surface area contributed by atoms with Crippen LogP contribution in [0.3, 0.4) is 0 Å². The van der Waals surface area contributed by atoms with Gasteiger partial charge >= 0.3 is 5.97 Å². The third-order valence-corrected chi connectivity index (χ3v) is 12.0. The van der Waals surface area contributed by atoms with Gasteiger partial charge in [-0.05, 0) is 105 Å². The molecule has 310 valence electrons. The van der Waals surface area contributed by atoms with Crippen LogP contribution in [0.1, 0.15) is 57.6 Å². The molecule has 1 unspecified atom stereocenters. The van der Waals surface area contributed by atoms with Gasteiger partial charge in [0.1, 0.15) is 34.8 Å². The first kappa shape index (κ1) is 43.7. The van der Waals surface area contributed by atoms with Crippen LogP contribution < -0.4 is 9.47 Å². The second-order valence-corrected chi connectivity index (χ2v) is 15.8. The summed E-state index contributed by atoms with van der Waals surface area (Å²) < 4.78 is 73.0. The van der Waals surface area contributed by atoms with E-state index in [4.69, 9.17) is 9.47 Å². The van der Waals surface area contributed by atoms with E-state index in [2.05, 4.69) is 11.5 Å². The number of alkyl halides is 4. The van der Waals surface area contributed by atoms with Crippen LogP contribution in [-0.2, 0) is 22.4 Å². The van der Waals surface area contributed by atoms with Crippen molar-refractivity contribution in [1.82, 2.24) is 14.7 Å². The summed E-state index contributed by atoms with van der Waals surface area (Å²) in [5.41, 5.74) is -0.941. The summed E-state index contributed by atoms with van der Waals surface area (Å²) in [5, 5.41) is 12.0. The monoisotopic (exact) mass is 795 g/mol. The molecular weight excluding hydrogens is 739 g/mol. The second kappa shape index (κ2) is 18.0. The van der Waals surface area contributed by atoms with Crippen LogP contribution in [0.25, 0.3) is 21.9 Å². The highest BCUT2D eigenvalue weighted by Gasteiger charge is 2.61. The minimum Gasteiger partial charge on any atom is -0.496 e. The molecule has 12 heteroatoms. The lowest BCUT2D eigenvalue weighted by Crippen LogP contribution is -2.61. The third kappa shape index (κ3) is 9.02. The number of hydrogen-bond acceptors (Lipinski definition) is 6. The van der Waals surface area contributed by atoms with Crippen LogP contribution in [0.2, 0.25) is 0 Å². The van der Waals surface area contributed by atoms with E-state index in [1.54, 1.807) is 43.4 Å². The molecular formula is C45H57F4N3O5. The van der Waals surface area contributed by atoms with Crippen molar-refractivity contribution in [2.24, 2.45) is 5.41 Å². The SMILES string of the molecule is C=C(C)C(F)(F)C1(C(=O)N(C)[C@@H](Cc2cccc3c(-c4c(OC)ccc(CCN5CCC(F)(/C=C/C)CC5)c4OC)cccc23)C(=O)O)CCN(CC(C)F)CC1. The molecule has 0 radical (unpaired) electrons. The number of fused-ring (bicyclic) bond motifs is 1. The Labute approximate surface area is 334 Å². The van der Waals surface area contributed by atoms with Crippen LogP contribution >= 0.6 is 0 Å². The number of allylic oxidation sites excluding steroid dienone is 3. The number of rotatable bonds is 16. The predicted molar refractivity (Wildman–Crippen MR) is 217 cm³/mol. The Hall–Kier alpha value is -4.42. The van der Waals surface area contributed by atoms with Crippen molar-refractivity contribution < 1.29 is 41.7 Å². The van der Waals surface area contributed by atoms with Gasteiger partial charge < -0.3 is 29.3 Å². The molecule has 2 fully saturated rings. The van der Waals surface area contributed by atoms with Crippen molar-refractivity contribution in [1.29, 1.82) is 0 Å². The van der Waals surface area contributed by atoms with E-state index in [9.17, 15) is 19.1 Å². The minimum atomic E-state index is -3.63. The fraction of sp³-hybridized carbons (Fsp3) is 0.511. The maximum Gasteiger partial charge on any atom is 0.326 e. The smallest absolute Gasteiger partial charge is 0.326 e. The number of likely N-dealkylation sites (tertiary alicyclic amines) is 2. The van der Waals surface area contributed by atoms with Gasteiger partial charge in [0.25, 0.3) is 5.92 Å². The van der Waals surface area contributed by atoms with Crippen LogP contribution in [0.4, 0.5) is 17.6 Å². The maximum atomic E-state index is 16.1. The molecule has 0 aliphatic carbocycles. The van der Waals surface area contributed by atoms with Crippen molar-refractivity contribution in [3.8, 4) is 22.6 Å². The number of carboxylic acids is 1. The Balaban J connectivity index is 1.47. The number of ether oxygens (including phenoxy) is 2. The number of methoxy groups -OCH3 is 2. The summed E-state index contributed by atoms with van der Waals surface area (Å²) in [6, 6.07) is 13.5. The van der Waals surface area contributed by atoms with E-state index in [0.29, 0.717) is 61.5 Å². The second-order valence-electron chi connectivity index (χ2n) is 15.8. The molecule has 0 aromatic heterocycles. The number of carboxylic acid groups (broad SMARTS) is 1. The lowest BCUT2D eigenvalue weighted by atomic mass is 9.69. The summed E-state index contributed by atoms with van der Waals surface area (Å²) in [7, 11) is 4.45. The molecule has 57 heavy (non-hydrogen) atoms. The molecule has 3 aromatic carbocycles. The molecule has 2 aliphatic rings. The highest BCUT2D eigenvalue weighted by atomic mass is 19.3. The zero-order valence-corrected chi connectivity index (χ0v) is 34.1. The quantitative estimate of drug-likeness (QED) is 0.115. The molecule has 2 atom stereocenters. The fourth-order valence-corrected chi connectivity index (χ4v) is 8.75. The molecule has 0 spiro atoms. The predicted octanol–water partition coefficient (Wildman–Crippen LogP) is 8.55. The Morgan fingerprint density at radius 1 is 0.965 bits per heavy atom. The van der Waals surface area contributed by atoms with Crippen LogP contribution in [-0.4, -0.2) is 116 Å². The van der Waals surface area contributed by atoms with E-state index in [1.165, 1.54) is 20.9 Å². The van der Waals surface area contributed by atoms with Crippen LogP contribution in [0.5, 0.6) is 11.5 Å². The van der Waals surface area contributed by atoms with E-state index < -0.39 is 46.7 Å². The molecule has 3 aromatic rings. The molecule has 2 aliphatic heterocycles. The highest BCUT2D eigenvalue weighted by molar-refractivity contribution is 6.01. The van der Waals surface area contributed by atoms with E-state index in [1.807, 2.05) is 43.3 Å². The van der Waals surface area contributed by atoms with E-state index in [0.717, 1.165) is 26.8 Å². The number of carbonyl (C=O) groups is 2. The van der Waals surface area contributed by atoms with E-state index in [-0.39, 0.29) is 38.9 Å². The third-order valence-electron chi connectivity index (χ3n) is 12.0. The first-order chi connectivity index (χ1) is 27.0. The summed E-state index contributed by atoms with van der Waals surface area (Å²) in [4.78, 5) is 32.2. The number of nitrogens with zero attached hydrogens (tertiary/aromatic N) is 3. The van der Waals surface area contributed by atoms with Gasteiger partial charge in [0.2, 0.25) is 5.91 Å². The lowest BCUT2D eigenvalue weighted by Gasteiger charge is -2.47. The van der Waals surface area contributed by atoms with Crippen molar-refractivity contribution >= 4 is 22.6 Å². The topological polar surface area (TPSA) is 82.5 Å². The largest absolute Gasteiger partial charge is 0.496 e. The van der Waals surface area contributed by atoms with Crippen LogP contribution in [0, 0.1) is 5.41 Å². The van der Waals surface area contributed by atoms with Crippen molar-refractivity contribution in [3.05, 3.63) is 84.0 Å². The molecule has 2 saturated heterocycles. The number of halogens is 4. The van der Waals surface area contributed by atoms with Gasteiger partial charge in [-0.25, -0.2) is 22.4 Å².